The number of carbonyl (C=O) groups is 1. The largest absolute Gasteiger partial charge is 0.481 e. The predicted molar refractivity (Wildman–Crippen MR) is 66.4 cm³/mol. The highest BCUT2D eigenvalue weighted by molar-refractivity contribution is 5.74. The summed E-state index contributed by atoms with van der Waals surface area (Å²) in [5, 5.41) is 9.47. The van der Waals surface area contributed by atoms with E-state index in [-0.39, 0.29) is 0 Å². The number of rotatable bonds is 4. The minimum absolute atomic E-state index is 0.344. The van der Waals surface area contributed by atoms with Crippen LogP contribution >= 0.6 is 0 Å². The maximum Gasteiger partial charge on any atom is 0.309 e. The Balaban J connectivity index is 2.65. The third-order valence-corrected chi connectivity index (χ3v) is 4.21. The molecule has 0 amide bonds. The van der Waals surface area contributed by atoms with E-state index in [0.717, 1.165) is 38.5 Å². The third kappa shape index (κ3) is 3.23. The lowest BCUT2D eigenvalue weighted by molar-refractivity contribution is -0.153. The van der Waals surface area contributed by atoms with E-state index in [1.165, 1.54) is 0 Å². The van der Waals surface area contributed by atoms with Crippen molar-refractivity contribution in [3.05, 3.63) is 0 Å². The van der Waals surface area contributed by atoms with Crippen LogP contribution in [-0.2, 0) is 4.79 Å². The molecule has 0 heterocycles. The van der Waals surface area contributed by atoms with Gasteiger partial charge in [-0.05, 0) is 49.9 Å². The monoisotopic (exact) mass is 226 g/mol. The summed E-state index contributed by atoms with van der Waals surface area (Å²) >= 11 is 0. The van der Waals surface area contributed by atoms with Gasteiger partial charge in [-0.25, -0.2) is 0 Å². The second-order valence-corrected chi connectivity index (χ2v) is 6.68. The van der Waals surface area contributed by atoms with E-state index >= 15 is 0 Å². The molecule has 94 valence electrons. The topological polar surface area (TPSA) is 37.3 Å². The summed E-state index contributed by atoms with van der Waals surface area (Å²) in [4.78, 5) is 11.5. The molecule has 2 nitrogen and oxygen atoms in total. The van der Waals surface area contributed by atoms with Crippen molar-refractivity contribution < 1.29 is 9.90 Å². The van der Waals surface area contributed by atoms with Crippen molar-refractivity contribution in [1.29, 1.82) is 0 Å². The molecule has 1 saturated carbocycles. The van der Waals surface area contributed by atoms with Crippen LogP contribution in [0.5, 0.6) is 0 Å². The molecule has 0 radical (unpaired) electrons. The number of carboxylic acid groups (broad SMARTS) is 1. The van der Waals surface area contributed by atoms with Gasteiger partial charge in [0.2, 0.25) is 0 Å². The van der Waals surface area contributed by atoms with Crippen molar-refractivity contribution in [3.8, 4) is 0 Å². The van der Waals surface area contributed by atoms with E-state index in [1.807, 2.05) is 0 Å². The fourth-order valence-electron chi connectivity index (χ4n) is 2.54. The lowest BCUT2D eigenvalue weighted by Gasteiger charge is -2.41. The third-order valence-electron chi connectivity index (χ3n) is 4.21. The van der Waals surface area contributed by atoms with Gasteiger partial charge in [-0.2, -0.15) is 0 Å². The fourth-order valence-corrected chi connectivity index (χ4v) is 2.54. The Kier molecular flexibility index (Phi) is 4.03. The molecule has 0 aromatic rings. The van der Waals surface area contributed by atoms with E-state index < -0.39 is 11.4 Å². The molecule has 2 heteroatoms. The summed E-state index contributed by atoms with van der Waals surface area (Å²) < 4.78 is 0. The second-order valence-electron chi connectivity index (χ2n) is 6.68. The molecule has 1 fully saturated rings. The molecule has 16 heavy (non-hydrogen) atoms. The highest BCUT2D eigenvalue weighted by Crippen LogP contribution is 2.48. The van der Waals surface area contributed by atoms with Crippen LogP contribution in [0.1, 0.15) is 66.2 Å². The van der Waals surface area contributed by atoms with Gasteiger partial charge in [-0.15, -0.1) is 0 Å². The highest BCUT2D eigenvalue weighted by Gasteiger charge is 2.43. The first kappa shape index (κ1) is 13.5. The van der Waals surface area contributed by atoms with Crippen LogP contribution in [0, 0.1) is 16.7 Å². The number of aliphatic carboxylic acids is 1. The molecular formula is C14H26O2. The Bertz CT molecular complexity index is 238. The van der Waals surface area contributed by atoms with Crippen LogP contribution in [0.3, 0.4) is 0 Å². The highest BCUT2D eigenvalue weighted by atomic mass is 16.4. The van der Waals surface area contributed by atoms with Crippen molar-refractivity contribution in [2.24, 2.45) is 16.7 Å². The van der Waals surface area contributed by atoms with Crippen molar-refractivity contribution >= 4 is 5.97 Å². The standard InChI is InChI=1S/C14H26O2/c1-11(2)5-6-14(12(15)16)9-7-13(3,4)8-10-14/h11H,5-10H2,1-4H3,(H,15,16). The molecule has 0 bridgehead atoms. The van der Waals surface area contributed by atoms with Crippen LogP contribution in [0.15, 0.2) is 0 Å². The van der Waals surface area contributed by atoms with Gasteiger partial charge in [0.1, 0.15) is 0 Å². The zero-order chi connectivity index (χ0) is 12.4. The molecule has 0 saturated heterocycles. The van der Waals surface area contributed by atoms with E-state index in [0.29, 0.717) is 11.3 Å². The molecule has 1 aliphatic carbocycles. The zero-order valence-electron chi connectivity index (χ0n) is 11.2. The van der Waals surface area contributed by atoms with Gasteiger partial charge in [-0.3, -0.25) is 4.79 Å². The predicted octanol–water partition coefficient (Wildman–Crippen LogP) is 4.09. The van der Waals surface area contributed by atoms with E-state index in [2.05, 4.69) is 27.7 Å². The molecule has 0 unspecified atom stereocenters. The first-order valence-electron chi connectivity index (χ1n) is 6.51. The molecule has 0 spiro atoms. The maximum atomic E-state index is 11.5. The summed E-state index contributed by atoms with van der Waals surface area (Å²) in [5.41, 5.74) is -0.0728. The summed E-state index contributed by atoms with van der Waals surface area (Å²) in [6.45, 7) is 8.84. The van der Waals surface area contributed by atoms with Gasteiger partial charge in [0.15, 0.2) is 0 Å². The second kappa shape index (κ2) is 4.77. The van der Waals surface area contributed by atoms with Gasteiger partial charge in [0, 0.05) is 0 Å². The summed E-state index contributed by atoms with van der Waals surface area (Å²) in [7, 11) is 0. The van der Waals surface area contributed by atoms with Crippen LogP contribution in [0.25, 0.3) is 0 Å². The summed E-state index contributed by atoms with van der Waals surface area (Å²) in [6, 6.07) is 0. The zero-order valence-corrected chi connectivity index (χ0v) is 11.2. The van der Waals surface area contributed by atoms with Gasteiger partial charge in [0.25, 0.3) is 0 Å². The minimum atomic E-state index is -0.566. The van der Waals surface area contributed by atoms with Crippen LogP contribution in [0.4, 0.5) is 0 Å². The average Bonchev–Trinajstić information content (AvgIpc) is 2.16. The van der Waals surface area contributed by atoms with Gasteiger partial charge in [-0.1, -0.05) is 27.7 Å². The lowest BCUT2D eigenvalue weighted by Crippen LogP contribution is -2.38. The molecular weight excluding hydrogens is 200 g/mol. The van der Waals surface area contributed by atoms with E-state index in [1.54, 1.807) is 0 Å². The first-order valence-corrected chi connectivity index (χ1v) is 6.51. The molecule has 0 aliphatic heterocycles. The Morgan fingerprint density at radius 2 is 1.69 bits per heavy atom. The SMILES string of the molecule is CC(C)CCC1(C(=O)O)CCC(C)(C)CC1. The maximum absolute atomic E-state index is 11.5. The van der Waals surface area contributed by atoms with Gasteiger partial charge >= 0.3 is 5.97 Å². The summed E-state index contributed by atoms with van der Waals surface area (Å²) in [5.74, 6) is 0.0369. The Morgan fingerprint density at radius 3 is 2.06 bits per heavy atom. The lowest BCUT2D eigenvalue weighted by atomic mass is 9.63. The van der Waals surface area contributed by atoms with Crippen LogP contribution in [0.2, 0.25) is 0 Å². The average molecular weight is 226 g/mol. The normalized spacial score (nSPS) is 23.3. The minimum Gasteiger partial charge on any atom is -0.481 e. The number of hydrogen-bond acceptors (Lipinski definition) is 1. The number of carboxylic acids is 1. The summed E-state index contributed by atoms with van der Waals surface area (Å²) in [6.07, 6.45) is 5.72. The van der Waals surface area contributed by atoms with E-state index in [4.69, 9.17) is 0 Å². The van der Waals surface area contributed by atoms with Gasteiger partial charge < -0.3 is 5.11 Å². The van der Waals surface area contributed by atoms with Crippen molar-refractivity contribution in [2.75, 3.05) is 0 Å². The molecule has 0 atom stereocenters. The van der Waals surface area contributed by atoms with Crippen molar-refractivity contribution in [2.45, 2.75) is 66.2 Å². The van der Waals surface area contributed by atoms with E-state index in [9.17, 15) is 9.90 Å². The molecule has 0 aromatic heterocycles. The fraction of sp³-hybridized carbons (Fsp3) is 0.929. The molecule has 0 aromatic carbocycles. The smallest absolute Gasteiger partial charge is 0.309 e. The van der Waals surface area contributed by atoms with Crippen LogP contribution in [-0.4, -0.2) is 11.1 Å². The Morgan fingerprint density at radius 1 is 1.19 bits per heavy atom. The van der Waals surface area contributed by atoms with Crippen molar-refractivity contribution in [3.63, 3.8) is 0 Å². The Hall–Kier alpha value is -0.530. The molecule has 1 N–H and O–H groups in total. The first-order chi connectivity index (χ1) is 7.27. The molecule has 1 aliphatic rings. The van der Waals surface area contributed by atoms with Gasteiger partial charge in [0.05, 0.1) is 5.41 Å². The number of hydrogen-bond donors (Lipinski definition) is 1. The Labute approximate surface area is 99.4 Å². The van der Waals surface area contributed by atoms with Crippen LogP contribution < -0.4 is 0 Å². The quantitative estimate of drug-likeness (QED) is 0.783. The molecule has 1 rings (SSSR count). The van der Waals surface area contributed by atoms with Crippen molar-refractivity contribution in [1.82, 2.24) is 0 Å².